The maximum Gasteiger partial charge on any atom is 0.346 e. The fraction of sp³-hybridized carbons (Fsp3) is 0.545. The molecule has 1 saturated heterocycles. The smallest absolute Gasteiger partial charge is 0.346 e. The molecular weight excluding hydrogens is 290 g/mol. The first-order chi connectivity index (χ1) is 8.86. The summed E-state index contributed by atoms with van der Waals surface area (Å²) in [6.07, 6.45) is 0.570. The van der Waals surface area contributed by atoms with Gasteiger partial charge in [0.25, 0.3) is 10.0 Å². The van der Waals surface area contributed by atoms with Gasteiger partial charge in [0.05, 0.1) is 6.10 Å². The third kappa shape index (κ3) is 2.66. The zero-order valence-electron chi connectivity index (χ0n) is 10.6. The maximum absolute atomic E-state index is 12.4. The number of thiophene rings is 1. The predicted molar refractivity (Wildman–Crippen MR) is 70.2 cm³/mol. The number of nitrogens with zero attached hydrogens (tertiary/aromatic N) is 1. The Morgan fingerprint density at radius 3 is 2.74 bits per heavy atom. The van der Waals surface area contributed by atoms with Crippen LogP contribution in [0, 0.1) is 6.92 Å². The van der Waals surface area contributed by atoms with Gasteiger partial charge in [-0.05, 0) is 25.0 Å². The monoisotopic (exact) mass is 305 g/mol. The number of methoxy groups -OCH3 is 1. The zero-order valence-corrected chi connectivity index (χ0v) is 12.3. The Morgan fingerprint density at radius 2 is 2.26 bits per heavy atom. The second kappa shape index (κ2) is 5.20. The lowest BCUT2D eigenvalue weighted by molar-refractivity contribution is 0.0701. The quantitative estimate of drug-likeness (QED) is 0.902. The summed E-state index contributed by atoms with van der Waals surface area (Å²) in [5.74, 6) is -1.10. The average molecular weight is 305 g/mol. The Labute approximate surface area is 115 Å². The molecule has 1 aliphatic rings. The highest BCUT2D eigenvalue weighted by atomic mass is 32.2. The van der Waals surface area contributed by atoms with Crippen molar-refractivity contribution in [2.24, 2.45) is 0 Å². The Balaban J connectivity index is 2.30. The van der Waals surface area contributed by atoms with Crippen molar-refractivity contribution in [2.45, 2.75) is 23.7 Å². The second-order valence-electron chi connectivity index (χ2n) is 4.39. The largest absolute Gasteiger partial charge is 0.477 e. The lowest BCUT2D eigenvalue weighted by Crippen LogP contribution is -2.29. The molecule has 0 radical (unpaired) electrons. The first-order valence-electron chi connectivity index (χ1n) is 5.73. The van der Waals surface area contributed by atoms with Crippen LogP contribution in [0.15, 0.2) is 10.3 Å². The molecule has 1 aromatic rings. The molecule has 1 N–H and O–H groups in total. The van der Waals surface area contributed by atoms with Crippen molar-refractivity contribution in [3.05, 3.63) is 16.5 Å². The highest BCUT2D eigenvalue weighted by Crippen LogP contribution is 2.30. The minimum Gasteiger partial charge on any atom is -0.477 e. The van der Waals surface area contributed by atoms with Crippen molar-refractivity contribution in [3.63, 3.8) is 0 Å². The van der Waals surface area contributed by atoms with E-state index in [2.05, 4.69) is 0 Å². The number of aromatic carboxylic acids is 1. The molecule has 0 saturated carbocycles. The molecule has 0 aliphatic carbocycles. The summed E-state index contributed by atoms with van der Waals surface area (Å²) in [6, 6.07) is 1.42. The van der Waals surface area contributed by atoms with Gasteiger partial charge in [0.2, 0.25) is 0 Å². The first kappa shape index (κ1) is 14.4. The number of carboxylic acids is 1. The molecule has 2 rings (SSSR count). The van der Waals surface area contributed by atoms with Crippen LogP contribution in [0.2, 0.25) is 0 Å². The number of carboxylic acid groups (broad SMARTS) is 1. The lowest BCUT2D eigenvalue weighted by atomic mass is 10.3. The summed E-state index contributed by atoms with van der Waals surface area (Å²) in [5.41, 5.74) is 0.471. The summed E-state index contributed by atoms with van der Waals surface area (Å²) in [4.78, 5) is 11.0. The van der Waals surface area contributed by atoms with Crippen molar-refractivity contribution >= 4 is 27.3 Å². The summed E-state index contributed by atoms with van der Waals surface area (Å²) >= 11 is 0.800. The first-order valence-corrected chi connectivity index (χ1v) is 7.98. The summed E-state index contributed by atoms with van der Waals surface area (Å²) < 4.78 is 31.3. The van der Waals surface area contributed by atoms with Crippen LogP contribution in [0.5, 0.6) is 0 Å². The summed E-state index contributed by atoms with van der Waals surface area (Å²) in [6.45, 7) is 2.32. The van der Waals surface area contributed by atoms with Crippen molar-refractivity contribution < 1.29 is 23.1 Å². The van der Waals surface area contributed by atoms with Crippen LogP contribution in [-0.4, -0.2) is 50.1 Å². The highest BCUT2D eigenvalue weighted by Gasteiger charge is 2.34. The number of hydrogen-bond donors (Lipinski definition) is 1. The van der Waals surface area contributed by atoms with E-state index < -0.39 is 16.0 Å². The molecule has 106 valence electrons. The Kier molecular flexibility index (Phi) is 3.95. The molecule has 1 unspecified atom stereocenters. The molecular formula is C11H15NO5S2. The van der Waals surface area contributed by atoms with Gasteiger partial charge in [0.1, 0.15) is 9.09 Å². The number of carbonyl (C=O) groups is 1. The van der Waals surface area contributed by atoms with Crippen molar-refractivity contribution in [1.29, 1.82) is 0 Å². The van der Waals surface area contributed by atoms with Crippen LogP contribution in [0.4, 0.5) is 0 Å². The molecule has 1 aromatic heterocycles. The molecule has 0 aromatic carbocycles. The predicted octanol–water partition coefficient (Wildman–Crippen LogP) is 1.16. The van der Waals surface area contributed by atoms with Crippen LogP contribution in [0.1, 0.15) is 21.7 Å². The Bertz CT molecular complexity index is 592. The molecule has 1 fully saturated rings. The van der Waals surface area contributed by atoms with Gasteiger partial charge in [-0.2, -0.15) is 4.31 Å². The summed E-state index contributed by atoms with van der Waals surface area (Å²) in [7, 11) is -2.05. The van der Waals surface area contributed by atoms with Gasteiger partial charge in [-0.3, -0.25) is 0 Å². The molecule has 2 heterocycles. The van der Waals surface area contributed by atoms with Gasteiger partial charge in [-0.15, -0.1) is 11.3 Å². The van der Waals surface area contributed by atoms with E-state index in [1.54, 1.807) is 14.0 Å². The molecule has 0 amide bonds. The van der Waals surface area contributed by atoms with Crippen molar-refractivity contribution in [1.82, 2.24) is 4.31 Å². The van der Waals surface area contributed by atoms with Crippen LogP contribution < -0.4 is 0 Å². The third-order valence-electron chi connectivity index (χ3n) is 3.12. The van der Waals surface area contributed by atoms with E-state index in [0.29, 0.717) is 25.1 Å². The number of rotatable bonds is 4. The van der Waals surface area contributed by atoms with Crippen molar-refractivity contribution in [2.75, 3.05) is 20.2 Å². The average Bonchev–Trinajstić information content (AvgIpc) is 2.95. The van der Waals surface area contributed by atoms with Crippen LogP contribution >= 0.6 is 11.3 Å². The molecule has 0 spiro atoms. The molecule has 0 bridgehead atoms. The van der Waals surface area contributed by atoms with Gasteiger partial charge in [-0.1, -0.05) is 0 Å². The standard InChI is InChI=1S/C11H15NO5S2/c1-7-5-9(18-10(7)11(13)14)19(15,16)12-4-3-8(6-12)17-2/h5,8H,3-4,6H2,1-2H3,(H,13,14). The molecule has 1 aliphatic heterocycles. The zero-order chi connectivity index (χ0) is 14.2. The van der Waals surface area contributed by atoms with Crippen LogP contribution in [-0.2, 0) is 14.8 Å². The van der Waals surface area contributed by atoms with E-state index >= 15 is 0 Å². The topological polar surface area (TPSA) is 83.9 Å². The summed E-state index contributed by atoms with van der Waals surface area (Å²) in [5, 5.41) is 8.97. The number of aryl methyl sites for hydroxylation is 1. The minimum absolute atomic E-state index is 0.0704. The van der Waals surface area contributed by atoms with Gasteiger partial charge >= 0.3 is 5.97 Å². The Morgan fingerprint density at radius 1 is 1.58 bits per heavy atom. The van der Waals surface area contributed by atoms with E-state index in [4.69, 9.17) is 9.84 Å². The number of hydrogen-bond acceptors (Lipinski definition) is 5. The Hall–Kier alpha value is -0.960. The van der Waals surface area contributed by atoms with E-state index in [1.807, 2.05) is 0 Å². The van der Waals surface area contributed by atoms with Gasteiger partial charge in [0, 0.05) is 20.2 Å². The minimum atomic E-state index is -3.61. The molecule has 8 heteroatoms. The normalized spacial score (nSPS) is 20.8. The van der Waals surface area contributed by atoms with E-state index in [9.17, 15) is 13.2 Å². The van der Waals surface area contributed by atoms with Gasteiger partial charge < -0.3 is 9.84 Å². The molecule has 19 heavy (non-hydrogen) atoms. The highest BCUT2D eigenvalue weighted by molar-refractivity contribution is 7.91. The van der Waals surface area contributed by atoms with Gasteiger partial charge in [-0.25, -0.2) is 13.2 Å². The van der Waals surface area contributed by atoms with Crippen LogP contribution in [0.25, 0.3) is 0 Å². The fourth-order valence-electron chi connectivity index (χ4n) is 2.03. The molecule has 6 nitrogen and oxygen atoms in total. The van der Waals surface area contributed by atoms with Gasteiger partial charge in [0.15, 0.2) is 0 Å². The van der Waals surface area contributed by atoms with E-state index in [1.165, 1.54) is 10.4 Å². The number of ether oxygens (including phenoxy) is 1. The van der Waals surface area contributed by atoms with E-state index in [0.717, 1.165) is 11.3 Å². The molecule has 1 atom stereocenters. The lowest BCUT2D eigenvalue weighted by Gasteiger charge is -2.14. The number of sulfonamides is 1. The van der Waals surface area contributed by atoms with E-state index in [-0.39, 0.29) is 15.2 Å². The maximum atomic E-state index is 12.4. The van der Waals surface area contributed by atoms with Crippen LogP contribution in [0.3, 0.4) is 0 Å². The SMILES string of the molecule is COC1CCN(S(=O)(=O)c2cc(C)c(C(=O)O)s2)C1. The third-order valence-corrected chi connectivity index (χ3v) is 6.66. The fourth-order valence-corrected chi connectivity index (χ4v) is 5.05. The van der Waals surface area contributed by atoms with Crippen molar-refractivity contribution in [3.8, 4) is 0 Å². The second-order valence-corrected chi connectivity index (χ2v) is 7.61.